The van der Waals surface area contributed by atoms with Gasteiger partial charge in [0.25, 0.3) is 11.8 Å². The number of benzene rings is 4. The largest absolute Gasteiger partial charge is 0.325 e. The Bertz CT molecular complexity index is 1540. The molecule has 40 heavy (non-hydrogen) atoms. The maximum absolute atomic E-state index is 13.3. The van der Waals surface area contributed by atoms with Crippen molar-refractivity contribution in [1.82, 2.24) is 5.32 Å². The maximum atomic E-state index is 13.3. The molecule has 4 rings (SSSR count). The van der Waals surface area contributed by atoms with Crippen molar-refractivity contribution in [3.8, 4) is 0 Å². The van der Waals surface area contributed by atoms with Gasteiger partial charge in [-0.25, -0.2) is 0 Å². The lowest BCUT2D eigenvalue weighted by Crippen LogP contribution is -2.30. The van der Waals surface area contributed by atoms with Gasteiger partial charge in [-0.2, -0.15) is 0 Å². The van der Waals surface area contributed by atoms with Crippen molar-refractivity contribution < 1.29 is 14.4 Å². The fourth-order valence-electron chi connectivity index (χ4n) is 3.74. The van der Waals surface area contributed by atoms with Crippen LogP contribution in [-0.4, -0.2) is 23.0 Å². The van der Waals surface area contributed by atoms with E-state index in [1.165, 1.54) is 11.8 Å². The van der Waals surface area contributed by atoms with Gasteiger partial charge in [-0.15, -0.1) is 11.8 Å². The summed E-state index contributed by atoms with van der Waals surface area (Å²) in [5, 5.41) is 8.70. The van der Waals surface area contributed by atoms with Crippen molar-refractivity contribution in [3.63, 3.8) is 0 Å². The normalized spacial score (nSPS) is 11.8. The highest BCUT2D eigenvalue weighted by molar-refractivity contribution is 8.00. The molecule has 0 aliphatic carbocycles. The molecule has 0 aromatic heterocycles. The van der Waals surface area contributed by atoms with Crippen LogP contribution in [0.3, 0.4) is 0 Å². The molecule has 0 heterocycles. The highest BCUT2D eigenvalue weighted by atomic mass is 35.5. The lowest BCUT2D eigenvalue weighted by molar-refractivity contribution is -0.115. The van der Waals surface area contributed by atoms with Crippen LogP contribution in [0.4, 0.5) is 11.4 Å². The Morgan fingerprint density at radius 1 is 0.800 bits per heavy atom. The molecular weight excluding hydrogens is 542 g/mol. The number of rotatable bonds is 9. The van der Waals surface area contributed by atoms with Gasteiger partial charge in [-0.3, -0.25) is 14.4 Å². The third kappa shape index (κ3) is 8.33. The van der Waals surface area contributed by atoms with Crippen molar-refractivity contribution in [1.29, 1.82) is 0 Å². The van der Waals surface area contributed by atoms with Crippen molar-refractivity contribution >= 4 is 58.5 Å². The van der Waals surface area contributed by atoms with Gasteiger partial charge in [-0.05, 0) is 85.6 Å². The number of halogens is 1. The van der Waals surface area contributed by atoms with Gasteiger partial charge in [0.2, 0.25) is 5.91 Å². The van der Waals surface area contributed by atoms with Crippen molar-refractivity contribution in [2.24, 2.45) is 0 Å². The molecule has 0 spiro atoms. The molecule has 1 atom stereocenters. The van der Waals surface area contributed by atoms with Crippen LogP contribution < -0.4 is 16.0 Å². The minimum atomic E-state index is -0.494. The van der Waals surface area contributed by atoms with E-state index in [0.717, 1.165) is 16.1 Å². The van der Waals surface area contributed by atoms with Crippen molar-refractivity contribution in [2.75, 3.05) is 10.6 Å². The summed E-state index contributed by atoms with van der Waals surface area (Å²) in [4.78, 5) is 39.7. The smallest absolute Gasteiger partial charge is 0.272 e. The van der Waals surface area contributed by atoms with E-state index in [0.29, 0.717) is 21.8 Å². The van der Waals surface area contributed by atoms with Crippen LogP contribution in [0, 0.1) is 6.92 Å². The third-order valence-corrected chi connectivity index (χ3v) is 7.12. The molecule has 0 saturated carbocycles. The molecule has 8 heteroatoms. The Hall–Kier alpha value is -4.33. The molecule has 0 aliphatic heterocycles. The summed E-state index contributed by atoms with van der Waals surface area (Å²) >= 11 is 7.38. The first-order valence-electron chi connectivity index (χ1n) is 12.6. The van der Waals surface area contributed by atoms with E-state index in [2.05, 4.69) is 16.0 Å². The van der Waals surface area contributed by atoms with E-state index in [1.807, 2.05) is 50.2 Å². The number of carbonyl (C=O) groups excluding carboxylic acids is 3. The topological polar surface area (TPSA) is 87.3 Å². The highest BCUT2D eigenvalue weighted by Gasteiger charge is 2.17. The first-order chi connectivity index (χ1) is 19.3. The number of hydrogen-bond acceptors (Lipinski definition) is 4. The van der Waals surface area contributed by atoms with Crippen LogP contribution in [0.5, 0.6) is 0 Å². The number of nitrogens with one attached hydrogen (secondary N) is 3. The van der Waals surface area contributed by atoms with Crippen LogP contribution in [-0.2, 0) is 9.59 Å². The summed E-state index contributed by atoms with van der Waals surface area (Å²) in [5.74, 6) is -1.03. The Kier molecular flexibility index (Phi) is 9.78. The number of carbonyl (C=O) groups is 3. The minimum Gasteiger partial charge on any atom is -0.325 e. The quantitative estimate of drug-likeness (QED) is 0.147. The molecule has 0 saturated heterocycles. The second-order valence-electron chi connectivity index (χ2n) is 9.03. The molecule has 3 amide bonds. The number of thioether (sulfide) groups is 1. The lowest BCUT2D eigenvalue weighted by Gasteiger charge is -2.14. The zero-order chi connectivity index (χ0) is 28.5. The van der Waals surface area contributed by atoms with Crippen molar-refractivity contribution in [2.45, 2.75) is 24.0 Å². The molecule has 0 fully saturated rings. The standard InChI is InChI=1S/C32H28ClN3O3S/c1-21-8-6-11-26(18-21)34-30(37)22(2)40-28-13-7-12-27(20-28)35-32(39)29(19-23-14-16-25(33)17-15-23)36-31(38)24-9-4-3-5-10-24/h3-20,22H,1-2H3,(H,34,37)(H,35,39)(H,36,38)/b29-19-. The Morgan fingerprint density at radius 3 is 2.17 bits per heavy atom. The van der Waals surface area contributed by atoms with Gasteiger partial charge in [0.05, 0.1) is 5.25 Å². The summed E-state index contributed by atoms with van der Waals surface area (Å²) in [7, 11) is 0. The van der Waals surface area contributed by atoms with E-state index >= 15 is 0 Å². The first-order valence-corrected chi connectivity index (χ1v) is 13.8. The number of amides is 3. The number of hydrogen-bond donors (Lipinski definition) is 3. The fourth-order valence-corrected chi connectivity index (χ4v) is 4.79. The summed E-state index contributed by atoms with van der Waals surface area (Å²) in [5.41, 5.74) is 3.52. The predicted octanol–water partition coefficient (Wildman–Crippen LogP) is 7.18. The Morgan fingerprint density at radius 2 is 1.48 bits per heavy atom. The molecule has 4 aromatic rings. The fraction of sp³-hybridized carbons (Fsp3) is 0.0938. The van der Waals surface area contributed by atoms with Crippen LogP contribution >= 0.6 is 23.4 Å². The van der Waals surface area contributed by atoms with E-state index in [1.54, 1.807) is 72.8 Å². The molecule has 3 N–H and O–H groups in total. The molecule has 202 valence electrons. The zero-order valence-corrected chi connectivity index (χ0v) is 23.6. The summed E-state index contributed by atoms with van der Waals surface area (Å²) in [6.07, 6.45) is 1.59. The van der Waals surface area contributed by atoms with Crippen molar-refractivity contribution in [3.05, 3.63) is 131 Å². The number of aryl methyl sites for hydroxylation is 1. The van der Waals surface area contributed by atoms with Crippen LogP contribution in [0.2, 0.25) is 5.02 Å². The van der Waals surface area contributed by atoms with E-state index in [4.69, 9.17) is 11.6 Å². The number of anilines is 2. The molecule has 0 bridgehead atoms. The van der Waals surface area contributed by atoms with Crippen LogP contribution in [0.25, 0.3) is 6.08 Å². The van der Waals surface area contributed by atoms with Gasteiger partial charge >= 0.3 is 0 Å². The van der Waals surface area contributed by atoms with Gasteiger partial charge in [0.1, 0.15) is 5.70 Å². The average Bonchev–Trinajstić information content (AvgIpc) is 2.94. The van der Waals surface area contributed by atoms with Crippen LogP contribution in [0.1, 0.15) is 28.4 Å². The molecular formula is C32H28ClN3O3S. The molecule has 0 aliphatic rings. The molecule has 4 aromatic carbocycles. The first kappa shape index (κ1) is 28.7. The lowest BCUT2D eigenvalue weighted by atomic mass is 10.1. The van der Waals surface area contributed by atoms with E-state index < -0.39 is 11.8 Å². The predicted molar refractivity (Wildman–Crippen MR) is 164 cm³/mol. The van der Waals surface area contributed by atoms with Gasteiger partial charge < -0.3 is 16.0 Å². The van der Waals surface area contributed by atoms with E-state index in [-0.39, 0.29) is 16.9 Å². The summed E-state index contributed by atoms with van der Waals surface area (Å²) < 4.78 is 0. The summed E-state index contributed by atoms with van der Waals surface area (Å²) in [6.45, 7) is 3.80. The Balaban J connectivity index is 1.47. The third-order valence-electron chi connectivity index (χ3n) is 5.77. The summed E-state index contributed by atoms with van der Waals surface area (Å²) in [6, 6.07) is 30.4. The van der Waals surface area contributed by atoms with Crippen LogP contribution in [0.15, 0.2) is 114 Å². The SMILES string of the molecule is Cc1cccc(NC(=O)C(C)Sc2cccc(NC(=O)/C(=C/c3ccc(Cl)cc3)NC(=O)c3ccccc3)c2)c1. The zero-order valence-electron chi connectivity index (χ0n) is 22.0. The monoisotopic (exact) mass is 569 g/mol. The second-order valence-corrected chi connectivity index (χ2v) is 10.9. The minimum absolute atomic E-state index is 0.0696. The average molecular weight is 570 g/mol. The van der Waals surface area contributed by atoms with E-state index in [9.17, 15) is 14.4 Å². The molecule has 1 unspecified atom stereocenters. The second kappa shape index (κ2) is 13.6. The highest BCUT2D eigenvalue weighted by Crippen LogP contribution is 2.27. The van der Waals surface area contributed by atoms with Gasteiger partial charge in [0, 0.05) is 26.9 Å². The van der Waals surface area contributed by atoms with Gasteiger partial charge in [-0.1, -0.05) is 60.1 Å². The molecule has 6 nitrogen and oxygen atoms in total. The Labute approximate surface area is 242 Å². The maximum Gasteiger partial charge on any atom is 0.272 e. The molecule has 0 radical (unpaired) electrons. The van der Waals surface area contributed by atoms with Gasteiger partial charge in [0.15, 0.2) is 0 Å².